The summed E-state index contributed by atoms with van der Waals surface area (Å²) in [5.74, 6) is 0.0971. The molecule has 2 aliphatic rings. The van der Waals surface area contributed by atoms with Crippen molar-refractivity contribution in [1.29, 1.82) is 0 Å². The van der Waals surface area contributed by atoms with E-state index in [1.54, 1.807) is 23.3 Å². The zero-order valence-electron chi connectivity index (χ0n) is 18.3. The van der Waals surface area contributed by atoms with Crippen LogP contribution in [0.25, 0.3) is 0 Å². The van der Waals surface area contributed by atoms with Crippen molar-refractivity contribution in [2.75, 3.05) is 22.1 Å². The summed E-state index contributed by atoms with van der Waals surface area (Å²) in [6, 6.07) is 16.8. The molecule has 3 amide bonds. The summed E-state index contributed by atoms with van der Waals surface area (Å²) in [5.41, 5.74) is 4.08. The number of furan rings is 1. The standard InChI is InChI=1S/C25H23N3O4S/c1-16-10-17(2)12-18(11-16)28-23(30)15-33-25(28)20-7-3-4-8-21(20)27(24(25)31)14-22(29)26-13-19-6-5-9-32-19/h3-12H,13-15H2,1-2H3,(H,26,29)/t25-/m0/s1. The number of thioether (sulfide) groups is 1. The van der Waals surface area contributed by atoms with E-state index in [2.05, 4.69) is 5.32 Å². The van der Waals surface area contributed by atoms with Gasteiger partial charge in [-0.2, -0.15) is 0 Å². The van der Waals surface area contributed by atoms with Gasteiger partial charge in [-0.15, -0.1) is 11.8 Å². The monoisotopic (exact) mass is 461 g/mol. The largest absolute Gasteiger partial charge is 0.467 e. The van der Waals surface area contributed by atoms with Crippen LogP contribution in [0.1, 0.15) is 22.5 Å². The molecule has 1 spiro atoms. The van der Waals surface area contributed by atoms with Crippen molar-refractivity contribution < 1.29 is 18.8 Å². The summed E-state index contributed by atoms with van der Waals surface area (Å²) < 4.78 is 5.26. The molecule has 5 rings (SSSR count). The van der Waals surface area contributed by atoms with Crippen LogP contribution in [0.2, 0.25) is 0 Å². The Balaban J connectivity index is 1.51. The molecule has 7 nitrogen and oxygen atoms in total. The van der Waals surface area contributed by atoms with Crippen molar-refractivity contribution in [3.05, 3.63) is 83.3 Å². The van der Waals surface area contributed by atoms with Gasteiger partial charge in [-0.1, -0.05) is 24.3 Å². The van der Waals surface area contributed by atoms with Gasteiger partial charge in [0, 0.05) is 11.3 Å². The van der Waals surface area contributed by atoms with Crippen molar-refractivity contribution in [2.24, 2.45) is 0 Å². The molecule has 0 saturated carbocycles. The topological polar surface area (TPSA) is 82.9 Å². The third-order valence-corrected chi connectivity index (χ3v) is 7.26. The van der Waals surface area contributed by atoms with E-state index in [4.69, 9.17) is 4.42 Å². The first kappa shape index (κ1) is 21.3. The van der Waals surface area contributed by atoms with Gasteiger partial charge in [0.2, 0.25) is 16.7 Å². The van der Waals surface area contributed by atoms with Crippen LogP contribution in [0.15, 0.2) is 65.3 Å². The smallest absolute Gasteiger partial charge is 0.269 e. The average molecular weight is 462 g/mol. The fourth-order valence-electron chi connectivity index (χ4n) is 4.59. The lowest BCUT2D eigenvalue weighted by Crippen LogP contribution is -2.51. The molecular formula is C25H23N3O4S. The van der Waals surface area contributed by atoms with Crippen LogP contribution in [0.4, 0.5) is 11.4 Å². The van der Waals surface area contributed by atoms with Gasteiger partial charge >= 0.3 is 0 Å². The van der Waals surface area contributed by atoms with Crippen LogP contribution in [-0.2, 0) is 25.8 Å². The summed E-state index contributed by atoms with van der Waals surface area (Å²) in [4.78, 5) is 41.7. The van der Waals surface area contributed by atoms with Crippen LogP contribution in [0.5, 0.6) is 0 Å². The Labute approximate surface area is 195 Å². The van der Waals surface area contributed by atoms with E-state index in [0.717, 1.165) is 16.7 Å². The summed E-state index contributed by atoms with van der Waals surface area (Å²) in [6.07, 6.45) is 1.54. The Morgan fingerprint density at radius 2 is 1.85 bits per heavy atom. The Hall–Kier alpha value is -3.52. The third-order valence-electron chi connectivity index (χ3n) is 5.87. The zero-order valence-corrected chi connectivity index (χ0v) is 19.1. The van der Waals surface area contributed by atoms with Crippen LogP contribution >= 0.6 is 11.8 Å². The molecule has 2 aliphatic heterocycles. The van der Waals surface area contributed by atoms with Crippen LogP contribution in [-0.4, -0.2) is 30.0 Å². The number of benzene rings is 2. The Morgan fingerprint density at radius 3 is 2.58 bits per heavy atom. The van der Waals surface area contributed by atoms with Gasteiger partial charge in [0.25, 0.3) is 5.91 Å². The first-order valence-electron chi connectivity index (χ1n) is 10.7. The second-order valence-electron chi connectivity index (χ2n) is 8.27. The predicted molar refractivity (Wildman–Crippen MR) is 127 cm³/mol. The normalized spacial score (nSPS) is 19.5. The zero-order chi connectivity index (χ0) is 23.2. The lowest BCUT2D eigenvalue weighted by molar-refractivity contribution is -0.125. The molecule has 0 bridgehead atoms. The van der Waals surface area contributed by atoms with Crippen LogP contribution in [0.3, 0.4) is 0 Å². The Morgan fingerprint density at radius 1 is 1.09 bits per heavy atom. The molecule has 1 N–H and O–H groups in total. The van der Waals surface area contributed by atoms with Crippen molar-refractivity contribution in [3.63, 3.8) is 0 Å². The number of amides is 3. The van der Waals surface area contributed by atoms with Gasteiger partial charge in [0.15, 0.2) is 0 Å². The minimum Gasteiger partial charge on any atom is -0.467 e. The number of para-hydroxylation sites is 1. The molecule has 168 valence electrons. The molecule has 0 unspecified atom stereocenters. The number of nitrogens with zero attached hydrogens (tertiary/aromatic N) is 2. The molecule has 3 heterocycles. The summed E-state index contributed by atoms with van der Waals surface area (Å²) >= 11 is 1.31. The molecule has 1 saturated heterocycles. The number of fused-ring (bicyclic) bond motifs is 2. The summed E-state index contributed by atoms with van der Waals surface area (Å²) in [6.45, 7) is 4.03. The van der Waals surface area contributed by atoms with E-state index in [1.165, 1.54) is 16.7 Å². The Bertz CT molecular complexity index is 1240. The summed E-state index contributed by atoms with van der Waals surface area (Å²) in [5, 5.41) is 2.80. The number of carbonyl (C=O) groups excluding carboxylic acids is 3. The van der Waals surface area contributed by atoms with Gasteiger partial charge < -0.3 is 9.73 Å². The highest BCUT2D eigenvalue weighted by molar-refractivity contribution is 8.02. The molecule has 1 fully saturated rings. The number of aryl methyl sites for hydroxylation is 2. The molecular weight excluding hydrogens is 438 g/mol. The second kappa shape index (κ2) is 8.12. The maximum Gasteiger partial charge on any atom is 0.269 e. The molecule has 0 aliphatic carbocycles. The number of nitrogens with one attached hydrogen (secondary N) is 1. The first-order chi connectivity index (χ1) is 15.9. The molecule has 2 aromatic carbocycles. The van der Waals surface area contributed by atoms with E-state index in [-0.39, 0.29) is 36.6 Å². The number of rotatable bonds is 5. The van der Waals surface area contributed by atoms with Gasteiger partial charge in [0.05, 0.1) is 24.2 Å². The minimum absolute atomic E-state index is 0.128. The number of hydrogen-bond donors (Lipinski definition) is 1. The fraction of sp³-hybridized carbons (Fsp3) is 0.240. The van der Waals surface area contributed by atoms with Gasteiger partial charge in [-0.25, -0.2) is 0 Å². The SMILES string of the molecule is Cc1cc(C)cc(N2C(=O)CS[C@@]23C(=O)N(CC(=O)NCc2ccco2)c2ccccc23)c1. The lowest BCUT2D eigenvalue weighted by Gasteiger charge is -2.33. The number of hydrogen-bond acceptors (Lipinski definition) is 5. The van der Waals surface area contributed by atoms with Gasteiger partial charge in [-0.05, 0) is 55.3 Å². The van der Waals surface area contributed by atoms with Crippen LogP contribution < -0.4 is 15.1 Å². The molecule has 1 atom stereocenters. The first-order valence-corrected chi connectivity index (χ1v) is 11.6. The van der Waals surface area contributed by atoms with Crippen molar-refractivity contribution in [3.8, 4) is 0 Å². The average Bonchev–Trinajstić information content (AvgIpc) is 3.47. The maximum absolute atomic E-state index is 14.0. The molecule has 1 aromatic heterocycles. The highest BCUT2D eigenvalue weighted by Crippen LogP contribution is 2.55. The van der Waals surface area contributed by atoms with E-state index in [9.17, 15) is 14.4 Å². The highest BCUT2D eigenvalue weighted by Gasteiger charge is 2.61. The fourth-order valence-corrected chi connectivity index (χ4v) is 5.95. The van der Waals surface area contributed by atoms with Crippen molar-refractivity contribution in [2.45, 2.75) is 25.3 Å². The number of carbonyl (C=O) groups is 3. The lowest BCUT2D eigenvalue weighted by atomic mass is 10.0. The molecule has 33 heavy (non-hydrogen) atoms. The van der Waals surface area contributed by atoms with Crippen LogP contribution in [0, 0.1) is 13.8 Å². The van der Waals surface area contributed by atoms with E-state index in [0.29, 0.717) is 17.1 Å². The van der Waals surface area contributed by atoms with E-state index < -0.39 is 4.87 Å². The quantitative estimate of drug-likeness (QED) is 0.629. The third kappa shape index (κ3) is 3.51. The molecule has 3 aromatic rings. The van der Waals surface area contributed by atoms with E-state index in [1.807, 2.05) is 56.3 Å². The van der Waals surface area contributed by atoms with Crippen molar-refractivity contribution in [1.82, 2.24) is 5.32 Å². The molecule has 0 radical (unpaired) electrons. The maximum atomic E-state index is 14.0. The minimum atomic E-state index is -1.23. The molecule has 8 heteroatoms. The second-order valence-corrected chi connectivity index (χ2v) is 9.44. The van der Waals surface area contributed by atoms with Gasteiger partial charge in [0.1, 0.15) is 12.3 Å². The Kier molecular flexibility index (Phi) is 5.25. The van der Waals surface area contributed by atoms with E-state index >= 15 is 0 Å². The highest BCUT2D eigenvalue weighted by atomic mass is 32.2. The number of anilines is 2. The van der Waals surface area contributed by atoms with Gasteiger partial charge in [-0.3, -0.25) is 24.2 Å². The summed E-state index contributed by atoms with van der Waals surface area (Å²) in [7, 11) is 0. The van der Waals surface area contributed by atoms with Crippen molar-refractivity contribution >= 4 is 40.9 Å². The predicted octanol–water partition coefficient (Wildman–Crippen LogP) is 3.49.